The van der Waals surface area contributed by atoms with Gasteiger partial charge in [-0.2, -0.15) is 0 Å². The zero-order chi connectivity index (χ0) is 16.5. The number of amides is 1. The normalized spacial score (nSPS) is 25.0. The third kappa shape index (κ3) is 3.11. The van der Waals surface area contributed by atoms with E-state index in [0.717, 1.165) is 17.7 Å². The van der Waals surface area contributed by atoms with Crippen LogP contribution in [0.5, 0.6) is 6.08 Å². The Kier molecular flexibility index (Phi) is 4.15. The van der Waals surface area contributed by atoms with E-state index in [2.05, 4.69) is 20.8 Å². The summed E-state index contributed by atoms with van der Waals surface area (Å²) in [6.45, 7) is 0. The van der Waals surface area contributed by atoms with Crippen LogP contribution in [0.2, 0.25) is 0 Å². The van der Waals surface area contributed by atoms with Crippen LogP contribution in [0.15, 0.2) is 38.8 Å². The molecule has 1 amide bonds. The monoisotopic (exact) mass is 346 g/mol. The standard InChI is InChI=1S/C16H18N4O3S/c1-22-15-19-20-16(23-15)24-11-5-2-9(3-6-11)14(21)18-13-8-10-4-7-12(13)17-10/h2-3,5-6,10,12-13,17H,4,7-8H2,1H3,(H,18,21)/t10-,12+,13-/m1/s1. The van der Waals surface area contributed by atoms with E-state index >= 15 is 0 Å². The Balaban J connectivity index is 1.37. The quantitative estimate of drug-likeness (QED) is 0.854. The minimum absolute atomic E-state index is 0.0228. The third-order valence-electron chi connectivity index (χ3n) is 4.50. The molecule has 1 aromatic carbocycles. The highest BCUT2D eigenvalue weighted by atomic mass is 32.2. The molecule has 3 atom stereocenters. The smallest absolute Gasteiger partial charge is 0.415 e. The molecule has 2 fully saturated rings. The molecule has 8 heteroatoms. The zero-order valence-corrected chi connectivity index (χ0v) is 14.0. The van der Waals surface area contributed by atoms with Gasteiger partial charge in [-0.15, -0.1) is 0 Å². The molecule has 2 saturated heterocycles. The second-order valence-electron chi connectivity index (χ2n) is 6.03. The number of carbonyl (C=O) groups excluding carboxylic acids is 1. The highest BCUT2D eigenvalue weighted by Gasteiger charge is 2.39. The molecular formula is C16H18N4O3S. The van der Waals surface area contributed by atoms with Crippen LogP contribution >= 0.6 is 11.8 Å². The molecule has 2 bridgehead atoms. The summed E-state index contributed by atoms with van der Waals surface area (Å²) >= 11 is 1.32. The van der Waals surface area contributed by atoms with Crippen molar-refractivity contribution < 1.29 is 13.9 Å². The topological polar surface area (TPSA) is 89.3 Å². The van der Waals surface area contributed by atoms with Gasteiger partial charge in [-0.1, -0.05) is 10.2 Å². The van der Waals surface area contributed by atoms with Crippen LogP contribution < -0.4 is 15.4 Å². The summed E-state index contributed by atoms with van der Waals surface area (Å²) < 4.78 is 10.1. The van der Waals surface area contributed by atoms with Crippen LogP contribution in [-0.2, 0) is 0 Å². The Morgan fingerprint density at radius 3 is 2.79 bits per heavy atom. The van der Waals surface area contributed by atoms with Crippen LogP contribution in [0.25, 0.3) is 0 Å². The van der Waals surface area contributed by atoms with Gasteiger partial charge in [0.15, 0.2) is 0 Å². The molecule has 2 N–H and O–H groups in total. The maximum Gasteiger partial charge on any atom is 0.415 e. The molecule has 2 aliphatic heterocycles. The summed E-state index contributed by atoms with van der Waals surface area (Å²) in [6, 6.07) is 8.62. The Bertz CT molecular complexity index is 733. The number of ether oxygens (including phenoxy) is 1. The van der Waals surface area contributed by atoms with Gasteiger partial charge in [-0.3, -0.25) is 4.79 Å². The van der Waals surface area contributed by atoms with Gasteiger partial charge >= 0.3 is 6.08 Å². The van der Waals surface area contributed by atoms with Gasteiger partial charge in [0.1, 0.15) is 0 Å². The lowest BCUT2D eigenvalue weighted by molar-refractivity contribution is 0.0931. The minimum Gasteiger partial charge on any atom is -0.452 e. The molecule has 2 aliphatic rings. The molecule has 3 heterocycles. The van der Waals surface area contributed by atoms with E-state index in [1.54, 1.807) is 0 Å². The minimum atomic E-state index is -0.0228. The Morgan fingerprint density at radius 1 is 1.33 bits per heavy atom. The summed E-state index contributed by atoms with van der Waals surface area (Å²) in [5.41, 5.74) is 0.658. The molecule has 126 valence electrons. The van der Waals surface area contributed by atoms with Crippen molar-refractivity contribution in [3.63, 3.8) is 0 Å². The number of benzene rings is 1. The number of rotatable bonds is 5. The molecule has 0 spiro atoms. The Morgan fingerprint density at radius 2 is 2.17 bits per heavy atom. The van der Waals surface area contributed by atoms with E-state index in [4.69, 9.17) is 9.15 Å². The van der Waals surface area contributed by atoms with Crippen molar-refractivity contribution >= 4 is 17.7 Å². The molecule has 0 unspecified atom stereocenters. The number of nitrogens with one attached hydrogen (secondary N) is 2. The maximum atomic E-state index is 12.4. The summed E-state index contributed by atoms with van der Waals surface area (Å²) in [6.07, 6.45) is 3.54. The van der Waals surface area contributed by atoms with E-state index in [-0.39, 0.29) is 18.0 Å². The molecule has 24 heavy (non-hydrogen) atoms. The first kappa shape index (κ1) is 15.5. The van der Waals surface area contributed by atoms with Crippen molar-refractivity contribution in [1.82, 2.24) is 20.8 Å². The molecule has 2 aromatic rings. The summed E-state index contributed by atoms with van der Waals surface area (Å²) in [5.74, 6) is -0.0228. The molecule has 7 nitrogen and oxygen atoms in total. The fourth-order valence-corrected chi connectivity index (χ4v) is 4.00. The number of nitrogens with zero attached hydrogens (tertiary/aromatic N) is 2. The molecule has 4 rings (SSSR count). The largest absolute Gasteiger partial charge is 0.452 e. The molecule has 0 radical (unpaired) electrons. The van der Waals surface area contributed by atoms with Gasteiger partial charge in [0, 0.05) is 28.6 Å². The second-order valence-corrected chi connectivity index (χ2v) is 7.05. The number of hydrogen-bond acceptors (Lipinski definition) is 7. The number of aromatic nitrogens is 2. The third-order valence-corrected chi connectivity index (χ3v) is 5.35. The average molecular weight is 346 g/mol. The van der Waals surface area contributed by atoms with E-state index in [1.165, 1.54) is 25.3 Å². The first-order valence-corrected chi connectivity index (χ1v) is 8.75. The predicted molar refractivity (Wildman–Crippen MR) is 87.2 cm³/mol. The number of hydrogen-bond donors (Lipinski definition) is 2. The molecular weight excluding hydrogens is 328 g/mol. The maximum absolute atomic E-state index is 12.4. The van der Waals surface area contributed by atoms with Gasteiger partial charge in [0.25, 0.3) is 11.1 Å². The Labute approximate surface area is 143 Å². The van der Waals surface area contributed by atoms with Crippen molar-refractivity contribution in [2.24, 2.45) is 0 Å². The number of methoxy groups -OCH3 is 1. The van der Waals surface area contributed by atoms with Crippen LogP contribution in [0.4, 0.5) is 0 Å². The fourth-order valence-electron chi connectivity index (χ4n) is 3.33. The number of carbonyl (C=O) groups is 1. The van der Waals surface area contributed by atoms with Gasteiger partial charge in [0.05, 0.1) is 7.11 Å². The average Bonchev–Trinajstić information content (AvgIpc) is 3.32. The summed E-state index contributed by atoms with van der Waals surface area (Å²) in [5, 5.41) is 14.7. The first-order chi connectivity index (χ1) is 11.7. The van der Waals surface area contributed by atoms with Crippen LogP contribution in [0.1, 0.15) is 29.6 Å². The van der Waals surface area contributed by atoms with E-state index in [9.17, 15) is 4.79 Å². The second kappa shape index (κ2) is 6.45. The van der Waals surface area contributed by atoms with E-state index in [0.29, 0.717) is 22.9 Å². The van der Waals surface area contributed by atoms with E-state index in [1.807, 2.05) is 24.3 Å². The lowest BCUT2D eigenvalue weighted by Crippen LogP contribution is -2.42. The van der Waals surface area contributed by atoms with Gasteiger partial charge < -0.3 is 19.8 Å². The number of fused-ring (bicyclic) bond motifs is 2. The van der Waals surface area contributed by atoms with Crippen molar-refractivity contribution in [2.75, 3.05) is 7.11 Å². The van der Waals surface area contributed by atoms with Crippen LogP contribution in [0, 0.1) is 0 Å². The predicted octanol–water partition coefficient (Wildman–Crippen LogP) is 1.85. The zero-order valence-electron chi connectivity index (χ0n) is 13.2. The summed E-state index contributed by atoms with van der Waals surface area (Å²) in [7, 11) is 1.47. The van der Waals surface area contributed by atoms with Crippen LogP contribution in [0.3, 0.4) is 0 Å². The van der Waals surface area contributed by atoms with Gasteiger partial charge in [0.2, 0.25) is 0 Å². The van der Waals surface area contributed by atoms with Crippen LogP contribution in [-0.4, -0.2) is 41.3 Å². The van der Waals surface area contributed by atoms with Crippen molar-refractivity contribution in [3.8, 4) is 6.08 Å². The van der Waals surface area contributed by atoms with Gasteiger partial charge in [-0.05, 0) is 55.3 Å². The lowest BCUT2D eigenvalue weighted by atomic mass is 9.95. The first-order valence-electron chi connectivity index (χ1n) is 7.93. The van der Waals surface area contributed by atoms with Crippen molar-refractivity contribution in [1.29, 1.82) is 0 Å². The fraction of sp³-hybridized carbons (Fsp3) is 0.438. The molecule has 0 saturated carbocycles. The lowest BCUT2D eigenvalue weighted by Gasteiger charge is -2.21. The van der Waals surface area contributed by atoms with Crippen molar-refractivity contribution in [2.45, 2.75) is 47.5 Å². The summed E-state index contributed by atoms with van der Waals surface area (Å²) in [4.78, 5) is 13.3. The van der Waals surface area contributed by atoms with Gasteiger partial charge in [-0.25, -0.2) is 0 Å². The molecule has 0 aliphatic carbocycles. The highest BCUT2D eigenvalue weighted by molar-refractivity contribution is 7.99. The molecule has 1 aromatic heterocycles. The SMILES string of the molecule is COc1nnc(Sc2ccc(C(=O)N[C@@H]3C[C@H]4CC[C@@H]3N4)cc2)o1. The highest BCUT2D eigenvalue weighted by Crippen LogP contribution is 2.29. The Hall–Kier alpha value is -2.06. The van der Waals surface area contributed by atoms with E-state index < -0.39 is 0 Å². The van der Waals surface area contributed by atoms with Crippen molar-refractivity contribution in [3.05, 3.63) is 29.8 Å².